The van der Waals surface area contributed by atoms with Crippen LogP contribution in [-0.2, 0) is 0 Å². The minimum Gasteiger partial charge on any atom is -0.478 e. The number of nitrogens with two attached hydrogens (primary N) is 2. The van der Waals surface area contributed by atoms with Crippen molar-refractivity contribution in [2.45, 2.75) is 19.3 Å². The van der Waals surface area contributed by atoms with E-state index in [1.165, 1.54) is 12.5 Å². The van der Waals surface area contributed by atoms with Crippen molar-refractivity contribution in [2.75, 3.05) is 18.8 Å². The molecule has 0 unspecified atom stereocenters. The number of carbonyl (C=O) groups excluding carboxylic acids is 1. The largest absolute Gasteiger partial charge is 0.478 e. The summed E-state index contributed by atoms with van der Waals surface area (Å²) in [6.07, 6.45) is 3.47. The van der Waals surface area contributed by atoms with E-state index in [9.17, 15) is 9.59 Å². The fourth-order valence-electron chi connectivity index (χ4n) is 1.83. The number of rotatable bonds is 1. The average Bonchev–Trinajstić information content (AvgIpc) is 2.43. The van der Waals surface area contributed by atoms with E-state index in [-0.39, 0.29) is 17.3 Å². The maximum absolute atomic E-state index is 10.5. The average molecular weight is 344 g/mol. The summed E-state index contributed by atoms with van der Waals surface area (Å²) >= 11 is 3.15. The van der Waals surface area contributed by atoms with Crippen LogP contribution in [0.5, 0.6) is 0 Å². The van der Waals surface area contributed by atoms with Gasteiger partial charge in [0, 0.05) is 23.2 Å². The molecular formula is C13H18BrN3O3. The van der Waals surface area contributed by atoms with Gasteiger partial charge in [-0.1, -0.05) is 15.9 Å². The summed E-state index contributed by atoms with van der Waals surface area (Å²) in [6, 6.07) is 4.45. The number of carbonyl (C=O) groups is 2. The highest BCUT2D eigenvalue weighted by molar-refractivity contribution is 9.10. The standard InChI is InChI=1S/C7H6BrNO2.C6H12N2O/c8-4-1-2-6(9)5(3-4)7(10)11;7-6(9)8-4-2-1-3-5-8/h1-3H,9H2,(H,10,11);1-5H2,(H2,7,9). The Morgan fingerprint density at radius 1 is 1.20 bits per heavy atom. The molecule has 6 nitrogen and oxygen atoms in total. The molecule has 0 saturated carbocycles. The highest BCUT2D eigenvalue weighted by Crippen LogP contribution is 2.17. The lowest BCUT2D eigenvalue weighted by Gasteiger charge is -2.24. The third-order valence-corrected chi connectivity index (χ3v) is 3.41. The van der Waals surface area contributed by atoms with Crippen LogP contribution in [-0.4, -0.2) is 35.1 Å². The van der Waals surface area contributed by atoms with Crippen LogP contribution < -0.4 is 11.5 Å². The molecule has 2 rings (SSSR count). The molecule has 1 aliphatic heterocycles. The van der Waals surface area contributed by atoms with Crippen molar-refractivity contribution < 1.29 is 14.7 Å². The number of primary amides is 1. The fraction of sp³-hybridized carbons (Fsp3) is 0.385. The Kier molecular flexibility index (Phi) is 6.30. The van der Waals surface area contributed by atoms with Gasteiger partial charge in [0.2, 0.25) is 0 Å². The van der Waals surface area contributed by atoms with E-state index in [0.717, 1.165) is 25.9 Å². The summed E-state index contributed by atoms with van der Waals surface area (Å²) in [5.41, 5.74) is 10.8. The smallest absolute Gasteiger partial charge is 0.337 e. The summed E-state index contributed by atoms with van der Waals surface area (Å²) < 4.78 is 0.712. The van der Waals surface area contributed by atoms with Crippen molar-refractivity contribution in [1.82, 2.24) is 4.90 Å². The summed E-state index contributed by atoms with van der Waals surface area (Å²) in [7, 11) is 0. The Labute approximate surface area is 125 Å². The molecule has 2 amide bonds. The summed E-state index contributed by atoms with van der Waals surface area (Å²) in [5, 5.41) is 8.59. The molecule has 0 radical (unpaired) electrons. The van der Waals surface area contributed by atoms with Crippen molar-refractivity contribution >= 4 is 33.6 Å². The van der Waals surface area contributed by atoms with E-state index in [1.807, 2.05) is 0 Å². The SMILES string of the molecule is NC(=O)N1CCCCC1.Nc1ccc(Br)cc1C(=O)O. The minimum absolute atomic E-state index is 0.124. The number of nitrogen functional groups attached to an aromatic ring is 1. The number of amides is 2. The number of carboxylic acid groups (broad SMARTS) is 1. The van der Waals surface area contributed by atoms with Gasteiger partial charge in [0.05, 0.1) is 5.56 Å². The maximum Gasteiger partial charge on any atom is 0.337 e. The van der Waals surface area contributed by atoms with Crippen LogP contribution in [0.15, 0.2) is 22.7 Å². The molecule has 0 aliphatic carbocycles. The first-order valence-corrected chi connectivity index (χ1v) is 7.04. The van der Waals surface area contributed by atoms with Crippen LogP contribution in [0, 0.1) is 0 Å². The first kappa shape index (κ1) is 16.3. The minimum atomic E-state index is -1.01. The van der Waals surface area contributed by atoms with Crippen LogP contribution in [0.3, 0.4) is 0 Å². The van der Waals surface area contributed by atoms with Gasteiger partial charge in [0.1, 0.15) is 0 Å². The van der Waals surface area contributed by atoms with E-state index in [0.29, 0.717) is 4.47 Å². The van der Waals surface area contributed by atoms with Crippen LogP contribution in [0.4, 0.5) is 10.5 Å². The molecule has 1 aromatic carbocycles. The van der Waals surface area contributed by atoms with E-state index in [4.69, 9.17) is 16.6 Å². The van der Waals surface area contributed by atoms with Gasteiger partial charge in [-0.15, -0.1) is 0 Å². The molecule has 0 spiro atoms. The monoisotopic (exact) mass is 343 g/mol. The van der Waals surface area contributed by atoms with E-state index < -0.39 is 5.97 Å². The number of nitrogens with zero attached hydrogens (tertiary/aromatic N) is 1. The number of urea groups is 1. The van der Waals surface area contributed by atoms with Crippen molar-refractivity contribution in [2.24, 2.45) is 5.73 Å². The normalized spacial score (nSPS) is 14.2. The molecule has 20 heavy (non-hydrogen) atoms. The van der Waals surface area contributed by atoms with Crippen molar-refractivity contribution in [1.29, 1.82) is 0 Å². The first-order valence-electron chi connectivity index (χ1n) is 6.24. The zero-order valence-electron chi connectivity index (χ0n) is 11.0. The Morgan fingerprint density at radius 2 is 1.80 bits per heavy atom. The molecule has 1 aromatic rings. The molecule has 7 heteroatoms. The number of anilines is 1. The van der Waals surface area contributed by atoms with Gasteiger partial charge in [-0.05, 0) is 37.5 Å². The van der Waals surface area contributed by atoms with Crippen molar-refractivity contribution in [3.05, 3.63) is 28.2 Å². The fourth-order valence-corrected chi connectivity index (χ4v) is 2.19. The highest BCUT2D eigenvalue weighted by atomic mass is 79.9. The van der Waals surface area contributed by atoms with Crippen LogP contribution >= 0.6 is 15.9 Å². The third kappa shape index (κ3) is 5.08. The molecule has 1 heterocycles. The number of likely N-dealkylation sites (tertiary alicyclic amines) is 1. The Hall–Kier alpha value is -1.76. The van der Waals surface area contributed by atoms with Gasteiger partial charge in [-0.2, -0.15) is 0 Å². The number of benzene rings is 1. The second kappa shape index (κ2) is 7.74. The van der Waals surface area contributed by atoms with Gasteiger partial charge in [0.15, 0.2) is 0 Å². The Morgan fingerprint density at radius 3 is 2.20 bits per heavy atom. The lowest BCUT2D eigenvalue weighted by atomic mass is 10.1. The summed E-state index contributed by atoms with van der Waals surface area (Å²) in [6.45, 7) is 1.71. The lowest BCUT2D eigenvalue weighted by molar-refractivity contribution is 0.0698. The Bertz CT molecular complexity index is 488. The molecule has 110 valence electrons. The third-order valence-electron chi connectivity index (χ3n) is 2.91. The maximum atomic E-state index is 10.5. The van der Waals surface area contributed by atoms with Gasteiger partial charge >= 0.3 is 12.0 Å². The molecule has 0 bridgehead atoms. The van der Waals surface area contributed by atoms with E-state index in [2.05, 4.69) is 15.9 Å². The first-order chi connectivity index (χ1) is 9.41. The summed E-state index contributed by atoms with van der Waals surface area (Å²) in [4.78, 5) is 22.7. The van der Waals surface area contributed by atoms with Gasteiger partial charge in [-0.3, -0.25) is 0 Å². The number of hydrogen-bond donors (Lipinski definition) is 3. The zero-order valence-corrected chi connectivity index (χ0v) is 12.6. The van der Waals surface area contributed by atoms with E-state index >= 15 is 0 Å². The van der Waals surface area contributed by atoms with Crippen molar-refractivity contribution in [3.8, 4) is 0 Å². The highest BCUT2D eigenvalue weighted by Gasteiger charge is 2.11. The lowest BCUT2D eigenvalue weighted by Crippen LogP contribution is -2.39. The van der Waals surface area contributed by atoms with Crippen LogP contribution in [0.1, 0.15) is 29.6 Å². The molecular weight excluding hydrogens is 326 g/mol. The van der Waals surface area contributed by atoms with E-state index in [1.54, 1.807) is 17.0 Å². The summed E-state index contributed by atoms with van der Waals surface area (Å²) in [5.74, 6) is -1.01. The molecule has 1 saturated heterocycles. The van der Waals surface area contributed by atoms with Crippen LogP contribution in [0.2, 0.25) is 0 Å². The van der Waals surface area contributed by atoms with Gasteiger partial charge < -0.3 is 21.5 Å². The number of piperidine rings is 1. The molecule has 0 atom stereocenters. The molecule has 0 aromatic heterocycles. The molecule has 5 N–H and O–H groups in total. The quantitative estimate of drug-likeness (QED) is 0.679. The zero-order chi connectivity index (χ0) is 15.1. The predicted molar refractivity (Wildman–Crippen MR) is 80.5 cm³/mol. The Balaban J connectivity index is 0.000000204. The number of halogens is 1. The predicted octanol–water partition coefficient (Wildman–Crippen LogP) is 2.28. The van der Waals surface area contributed by atoms with Crippen molar-refractivity contribution in [3.63, 3.8) is 0 Å². The number of hydrogen-bond acceptors (Lipinski definition) is 3. The number of carboxylic acids is 1. The van der Waals surface area contributed by atoms with Gasteiger partial charge in [-0.25, -0.2) is 9.59 Å². The number of aromatic carboxylic acids is 1. The second-order valence-corrected chi connectivity index (χ2v) is 5.34. The second-order valence-electron chi connectivity index (χ2n) is 4.42. The molecule has 1 aliphatic rings. The topological polar surface area (TPSA) is 110 Å². The van der Waals surface area contributed by atoms with Crippen LogP contribution in [0.25, 0.3) is 0 Å². The van der Waals surface area contributed by atoms with Gasteiger partial charge in [0.25, 0.3) is 0 Å². The molecule has 1 fully saturated rings.